The van der Waals surface area contributed by atoms with Gasteiger partial charge in [-0.15, -0.1) is 34.5 Å². The monoisotopic (exact) mass is 1360 g/mol. The predicted octanol–water partition coefficient (Wildman–Crippen LogP) is 9.19. The van der Waals surface area contributed by atoms with Crippen molar-refractivity contribution in [1.82, 2.24) is 10.2 Å². The molecule has 23 nitrogen and oxygen atoms in total. The topological polar surface area (TPSA) is 278 Å². The van der Waals surface area contributed by atoms with E-state index in [2.05, 4.69) is 10.6 Å². The molecule has 0 fully saturated rings. The number of methoxy groups -OCH3 is 1. The number of hydrogen-bond acceptors (Lipinski definition) is 19. The maximum atomic E-state index is 14.7. The zero-order chi connectivity index (χ0) is 66.1. The van der Waals surface area contributed by atoms with Gasteiger partial charge in [-0.05, 0) is 57.6 Å². The molecule has 0 aliphatic carbocycles. The van der Waals surface area contributed by atoms with E-state index in [9.17, 15) is 33.8 Å². The number of amides is 5. The summed E-state index contributed by atoms with van der Waals surface area (Å²) in [5.74, 6) is -0.847. The highest BCUT2D eigenvalue weighted by molar-refractivity contribution is 7.39. The molecule has 0 bridgehead atoms. The van der Waals surface area contributed by atoms with Crippen LogP contribution < -0.4 is 35.4 Å². The zero-order valence-electron chi connectivity index (χ0n) is 52.6. The van der Waals surface area contributed by atoms with E-state index in [0.717, 1.165) is 38.8 Å². The van der Waals surface area contributed by atoms with Crippen LogP contribution in [0.15, 0.2) is 97.1 Å². The molecule has 6 aromatic rings. The molecule has 5 amide bonds. The first-order chi connectivity index (χ1) is 45.2. The van der Waals surface area contributed by atoms with Gasteiger partial charge in [-0.25, -0.2) is 4.79 Å². The second kappa shape index (κ2) is 37.8. The van der Waals surface area contributed by atoms with Crippen molar-refractivity contribution in [2.45, 2.75) is 51.2 Å². The Morgan fingerprint density at radius 3 is 1.60 bits per heavy atom. The van der Waals surface area contributed by atoms with Gasteiger partial charge >= 0.3 is 14.7 Å². The van der Waals surface area contributed by atoms with Gasteiger partial charge in [0.25, 0.3) is 11.8 Å². The van der Waals surface area contributed by atoms with Crippen LogP contribution in [0.1, 0.15) is 74.6 Å². The Labute approximate surface area is 556 Å². The van der Waals surface area contributed by atoms with E-state index < -0.39 is 20.7 Å². The number of ether oxygens (including phenoxy) is 9. The molecule has 27 heteroatoms. The first-order valence-corrected chi connectivity index (χ1v) is 34.0. The number of halogens is 2. The van der Waals surface area contributed by atoms with Crippen molar-refractivity contribution in [3.05, 3.63) is 124 Å². The maximum absolute atomic E-state index is 14.7. The highest BCUT2D eigenvalue weighted by Crippen LogP contribution is 2.49. The van der Waals surface area contributed by atoms with Gasteiger partial charge in [0.2, 0.25) is 11.8 Å². The molecule has 93 heavy (non-hydrogen) atoms. The molecule has 2 unspecified atom stereocenters. The molecule has 504 valence electrons. The summed E-state index contributed by atoms with van der Waals surface area (Å²) in [4.78, 5) is 94.3. The summed E-state index contributed by atoms with van der Waals surface area (Å²) in [6.45, 7) is 10.9. The quantitative estimate of drug-likeness (QED) is 0.0136. The van der Waals surface area contributed by atoms with Gasteiger partial charge in [0.1, 0.15) is 11.5 Å². The fourth-order valence-corrected chi connectivity index (χ4v) is 12.6. The lowest BCUT2D eigenvalue weighted by Crippen LogP contribution is -2.41. The minimum atomic E-state index is -2.76. The largest absolute Gasteiger partial charge is 0.426 e. The van der Waals surface area contributed by atoms with Crippen LogP contribution in [0.5, 0.6) is 11.5 Å². The molecule has 0 spiro atoms. The van der Waals surface area contributed by atoms with Crippen molar-refractivity contribution in [1.29, 1.82) is 0 Å². The number of carbonyl (C=O) groups is 5. The van der Waals surface area contributed by atoms with Gasteiger partial charge in [0.15, 0.2) is 0 Å². The highest BCUT2D eigenvalue weighted by atomic mass is 35.5. The fraction of sp³-hybridized carbons (Fsp3) is 0.470. The number of thiophene rings is 1. The Hall–Kier alpha value is -6.16. The van der Waals surface area contributed by atoms with Crippen LogP contribution in [0.2, 0.25) is 0 Å². The van der Waals surface area contributed by atoms with Gasteiger partial charge in [-0.3, -0.25) is 19.2 Å². The summed E-state index contributed by atoms with van der Waals surface area (Å²) in [5, 5.41) is 8.74. The van der Waals surface area contributed by atoms with Crippen molar-refractivity contribution in [3.8, 4) is 11.5 Å². The molecule has 3 heterocycles. The smallest absolute Gasteiger partial charge is 0.415 e. The summed E-state index contributed by atoms with van der Waals surface area (Å²) in [6.07, 6.45) is -0.453. The summed E-state index contributed by atoms with van der Waals surface area (Å²) in [5.41, 5.74) is 9.50. The Bertz CT molecular complexity index is 3400. The van der Waals surface area contributed by atoms with Crippen molar-refractivity contribution in [3.63, 3.8) is 0 Å². The third-order valence-electron chi connectivity index (χ3n) is 15.5. The highest BCUT2D eigenvalue weighted by Gasteiger charge is 2.39. The van der Waals surface area contributed by atoms with Gasteiger partial charge in [0, 0.05) is 111 Å². The number of carbonyl (C=O) groups excluding carboxylic acids is 5. The minimum Gasteiger partial charge on any atom is -0.426 e. The lowest BCUT2D eigenvalue weighted by Gasteiger charge is -2.23. The molecule has 8 rings (SSSR count). The number of hydrogen-bond donors (Lipinski definition) is 5. The van der Waals surface area contributed by atoms with Crippen LogP contribution in [0, 0.1) is 5.92 Å². The van der Waals surface area contributed by atoms with Crippen molar-refractivity contribution in [2.75, 3.05) is 159 Å². The molecule has 0 saturated heterocycles. The molecule has 5 aromatic carbocycles. The number of benzene rings is 5. The molecule has 6 N–H and O–H groups in total. The molecule has 1 aromatic heterocycles. The summed E-state index contributed by atoms with van der Waals surface area (Å²) >= 11 is 14.2. The number of anilines is 3. The van der Waals surface area contributed by atoms with E-state index in [0.29, 0.717) is 117 Å². The Morgan fingerprint density at radius 2 is 1.11 bits per heavy atom. The summed E-state index contributed by atoms with van der Waals surface area (Å²) in [7, 11) is -1.22. The van der Waals surface area contributed by atoms with Crippen molar-refractivity contribution < 1.29 is 80.9 Å². The predicted molar refractivity (Wildman–Crippen MR) is 359 cm³/mol. The average molecular weight is 1370 g/mol. The summed E-state index contributed by atoms with van der Waals surface area (Å²) < 4.78 is 55.8. The van der Waals surface area contributed by atoms with E-state index in [4.69, 9.17) is 76.1 Å². The normalized spacial score (nSPS) is 14.7. The lowest BCUT2D eigenvalue weighted by molar-refractivity contribution is -0.124. The van der Waals surface area contributed by atoms with Crippen molar-refractivity contribution in [2.24, 2.45) is 11.7 Å². The van der Waals surface area contributed by atoms with Gasteiger partial charge in [0.05, 0.1) is 120 Å². The number of fused-ring (bicyclic) bond motifs is 6. The van der Waals surface area contributed by atoms with E-state index in [-0.39, 0.29) is 130 Å². The van der Waals surface area contributed by atoms with Gasteiger partial charge in [-0.2, -0.15) is 0 Å². The van der Waals surface area contributed by atoms with E-state index in [1.54, 1.807) is 46.2 Å². The van der Waals surface area contributed by atoms with Crippen LogP contribution in [0.25, 0.3) is 21.5 Å². The first-order valence-electron chi connectivity index (χ1n) is 30.9. The molecular weight excluding hydrogens is 1280 g/mol. The molecule has 0 saturated carbocycles. The average Bonchev–Trinajstić information content (AvgIpc) is 1.64. The molecule has 0 radical (unpaired) electrons. The molecule has 2 aliphatic rings. The Kier molecular flexibility index (Phi) is 29.5. The van der Waals surface area contributed by atoms with E-state index in [1.165, 1.54) is 12.0 Å². The number of rotatable bonds is 40. The molecule has 2 aliphatic heterocycles. The van der Waals surface area contributed by atoms with E-state index in [1.807, 2.05) is 74.5 Å². The second-order valence-electron chi connectivity index (χ2n) is 22.2. The van der Waals surface area contributed by atoms with E-state index >= 15 is 0 Å². The first kappa shape index (κ1) is 72.7. The third-order valence-corrected chi connectivity index (χ3v) is 17.7. The lowest BCUT2D eigenvalue weighted by atomic mass is 9.95. The maximum Gasteiger partial charge on any atom is 0.415 e. The van der Waals surface area contributed by atoms with Crippen LogP contribution in [0.3, 0.4) is 0 Å². The van der Waals surface area contributed by atoms with Crippen LogP contribution >= 0.6 is 43.1 Å². The van der Waals surface area contributed by atoms with Crippen LogP contribution in [-0.2, 0) is 54.1 Å². The number of alkyl halides is 2. The fourth-order valence-electron chi connectivity index (χ4n) is 10.8. The third kappa shape index (κ3) is 20.7. The van der Waals surface area contributed by atoms with Gasteiger partial charge < -0.3 is 88.0 Å². The number of nitrogens with one attached hydrogen (secondary N) is 2. The zero-order valence-corrected chi connectivity index (χ0v) is 55.8. The number of nitrogens with zero attached hydrogens (tertiary/aromatic N) is 3. The standard InChI is InChI=1S/C66H83Cl2N6O17PS/c1-44(2)53(71-60(75)18-22-83-26-28-85-30-32-87-34-35-88-33-31-86-29-27-84-23-19-69)36-61(76)70-48-14-12-45(13-15-48)43-89-25-21-72(20-24-82-3)66(79)90-56-37-54-62(51-10-6-4-8-49(51)56)46(39-67)41-73(54)64(77)58-16-17-59(93-58)65(78)74-42-47(40-68)63-52-11-7-5-9-50(52)57(38-55(63)74)91-92(80)81/h4-17,37-38,44,46-47,53,80-81H,18-36,39-43,69H2,1-3H3,(H,70,76)(H,71,75)/t46-,47?,53?/m1/s1. The molecular formula is C66H83Cl2N6O17PS. The SMILES string of the molecule is COCCN(CCOCc1ccc(NC(=O)CC(NC(=O)CCOCCOCCOCCOCCOCCOCCN)C(C)C)cc1)C(=O)Oc1cc2c(c3ccccc13)[C@H](CCl)CN2C(=O)c1ccc(C(=O)N2CC(CCl)c3c2cc(OP(O)O)c2ccccc32)s1. The Morgan fingerprint density at radius 1 is 0.624 bits per heavy atom. The number of nitrogens with two attached hydrogens (primary N) is 1. The summed E-state index contributed by atoms with van der Waals surface area (Å²) in [6, 6.07) is 28.2. The second-order valence-corrected chi connectivity index (χ2v) is 24.6. The van der Waals surface area contributed by atoms with Gasteiger partial charge in [-0.1, -0.05) is 74.5 Å². The van der Waals surface area contributed by atoms with Crippen molar-refractivity contribution >= 4 is 111 Å². The van der Waals surface area contributed by atoms with Crippen LogP contribution in [0.4, 0.5) is 21.9 Å². The van der Waals surface area contributed by atoms with Crippen LogP contribution in [-0.4, -0.2) is 195 Å². The minimum absolute atomic E-state index is 0.0126. The Balaban J connectivity index is 0.785. The molecule has 3 atom stereocenters.